The van der Waals surface area contributed by atoms with E-state index in [0.29, 0.717) is 25.2 Å². The molecule has 3 aliphatic rings. The van der Waals surface area contributed by atoms with Gasteiger partial charge in [0.1, 0.15) is 46.6 Å². The number of aromatic nitrogens is 2. The third-order valence-corrected chi connectivity index (χ3v) is 11.2. The van der Waals surface area contributed by atoms with Gasteiger partial charge in [-0.05, 0) is 58.7 Å². The SMILES string of the molecule is C[C@@H]1CCOc2c(Cl)c(-c3ccc(F)c4sc(NC(=O)OC(C)(C)C)c(C#N)c34)c(F)c3nc(OC[C@@]45CCCN4C[C@H](F)C5)nc(c23)N1C. The summed E-state index contributed by atoms with van der Waals surface area (Å²) < 4.78 is 64.9. The van der Waals surface area contributed by atoms with Gasteiger partial charge in [0.15, 0.2) is 11.6 Å². The van der Waals surface area contributed by atoms with E-state index in [1.807, 2.05) is 24.9 Å². The number of thiophene rings is 1. The van der Waals surface area contributed by atoms with Crippen molar-refractivity contribution >= 4 is 60.8 Å². The Balaban J connectivity index is 1.41. The van der Waals surface area contributed by atoms with Gasteiger partial charge in [0.2, 0.25) is 0 Å². The molecule has 2 aromatic heterocycles. The number of rotatable bonds is 5. The molecule has 264 valence electrons. The average Bonchev–Trinajstić information content (AvgIpc) is 3.70. The van der Waals surface area contributed by atoms with Crippen molar-refractivity contribution in [1.29, 1.82) is 5.26 Å². The number of nitrogens with zero attached hydrogens (tertiary/aromatic N) is 5. The van der Waals surface area contributed by atoms with Crippen LogP contribution in [-0.2, 0) is 4.74 Å². The van der Waals surface area contributed by atoms with E-state index in [1.54, 1.807) is 20.8 Å². The van der Waals surface area contributed by atoms with Crippen molar-refractivity contribution < 1.29 is 32.2 Å². The van der Waals surface area contributed by atoms with Gasteiger partial charge >= 0.3 is 12.1 Å². The predicted molar refractivity (Wildman–Crippen MR) is 186 cm³/mol. The van der Waals surface area contributed by atoms with Gasteiger partial charge in [-0.25, -0.2) is 18.0 Å². The third-order valence-electron chi connectivity index (χ3n) is 9.74. The molecule has 2 saturated heterocycles. The molecule has 3 atom stereocenters. The van der Waals surface area contributed by atoms with Crippen LogP contribution in [0.1, 0.15) is 58.9 Å². The number of halogens is 4. The van der Waals surface area contributed by atoms with Crippen molar-refractivity contribution in [2.45, 2.75) is 76.7 Å². The topological polar surface area (TPSA) is 113 Å². The molecule has 50 heavy (non-hydrogen) atoms. The molecule has 10 nitrogen and oxygen atoms in total. The molecule has 1 N–H and O–H groups in total. The fourth-order valence-corrected chi connectivity index (χ4v) is 8.68. The van der Waals surface area contributed by atoms with Gasteiger partial charge in [0, 0.05) is 43.4 Å². The summed E-state index contributed by atoms with van der Waals surface area (Å²) in [7, 11) is 1.83. The quantitative estimate of drug-likeness (QED) is 0.217. The molecule has 1 amide bonds. The second-order valence-corrected chi connectivity index (χ2v) is 15.6. The first-order chi connectivity index (χ1) is 23.7. The summed E-state index contributed by atoms with van der Waals surface area (Å²) in [6.45, 7) is 8.55. The minimum Gasteiger partial charge on any atom is -0.491 e. The molecule has 2 aromatic carbocycles. The Kier molecular flexibility index (Phi) is 8.68. The summed E-state index contributed by atoms with van der Waals surface area (Å²) in [6.07, 6.45) is 0.818. The normalized spacial score (nSPS) is 22.2. The van der Waals surface area contributed by atoms with Crippen molar-refractivity contribution in [3.8, 4) is 29.0 Å². The Morgan fingerprint density at radius 1 is 1.28 bits per heavy atom. The lowest BCUT2D eigenvalue weighted by atomic mass is 9.95. The molecule has 3 aliphatic heterocycles. The van der Waals surface area contributed by atoms with E-state index in [2.05, 4.69) is 15.2 Å². The first-order valence-electron chi connectivity index (χ1n) is 16.5. The molecule has 0 radical (unpaired) electrons. The van der Waals surface area contributed by atoms with Crippen molar-refractivity contribution in [3.63, 3.8) is 0 Å². The van der Waals surface area contributed by atoms with Gasteiger partial charge in [-0.1, -0.05) is 17.7 Å². The number of carbonyl (C=O) groups is 1. The Morgan fingerprint density at radius 3 is 2.80 bits per heavy atom. The molecule has 0 saturated carbocycles. The molecule has 0 aliphatic carbocycles. The maximum absolute atomic E-state index is 17.2. The van der Waals surface area contributed by atoms with Crippen LogP contribution >= 0.6 is 22.9 Å². The van der Waals surface area contributed by atoms with Crippen LogP contribution < -0.4 is 19.7 Å². The lowest BCUT2D eigenvalue weighted by Gasteiger charge is -2.32. The van der Waals surface area contributed by atoms with Crippen molar-refractivity contribution in [2.75, 3.05) is 43.6 Å². The van der Waals surface area contributed by atoms with Crippen molar-refractivity contribution in [2.24, 2.45) is 0 Å². The summed E-state index contributed by atoms with van der Waals surface area (Å²) in [4.78, 5) is 25.9. The third kappa shape index (κ3) is 5.82. The van der Waals surface area contributed by atoms with Crippen LogP contribution in [0.4, 0.5) is 28.8 Å². The summed E-state index contributed by atoms with van der Waals surface area (Å²) >= 11 is 7.85. The van der Waals surface area contributed by atoms with Crippen LogP contribution in [0.25, 0.3) is 32.1 Å². The van der Waals surface area contributed by atoms with Crippen LogP contribution in [0, 0.1) is 23.0 Å². The second-order valence-electron chi connectivity index (χ2n) is 14.2. The number of anilines is 2. The van der Waals surface area contributed by atoms with Crippen LogP contribution in [-0.4, -0.2) is 77.7 Å². The molecule has 5 heterocycles. The zero-order valence-corrected chi connectivity index (χ0v) is 29.8. The van der Waals surface area contributed by atoms with E-state index < -0.39 is 35.0 Å². The maximum atomic E-state index is 17.2. The van der Waals surface area contributed by atoms with E-state index >= 15 is 8.78 Å². The van der Waals surface area contributed by atoms with Crippen LogP contribution in [0.5, 0.6) is 11.8 Å². The van der Waals surface area contributed by atoms with Crippen molar-refractivity contribution in [3.05, 3.63) is 34.4 Å². The summed E-state index contributed by atoms with van der Waals surface area (Å²) in [5, 5.41) is 13.0. The number of ether oxygens (including phenoxy) is 3. The highest BCUT2D eigenvalue weighted by atomic mass is 35.5. The highest BCUT2D eigenvalue weighted by Crippen LogP contribution is 2.51. The van der Waals surface area contributed by atoms with E-state index in [1.165, 1.54) is 6.07 Å². The molecular formula is C35H36ClF3N6O4S. The standard InChI is InChI=1S/C35H36ClF3N6O4S/c1-17-9-12-47-28-24-27(41-32(42-30(24)44(17)5)48-16-35-10-6-11-45(35)15-18(37)13-35)26(39)23(25(28)36)19-7-8-21(38)29-22(19)20(14-40)31(50-29)43-33(46)49-34(2,3)4/h7-8,17-18H,6,9-13,15-16H2,1-5H3,(H,43,46)/t17-,18-,35+/m1/s1. The monoisotopic (exact) mass is 728 g/mol. The zero-order valence-electron chi connectivity index (χ0n) is 28.3. The first kappa shape index (κ1) is 34.4. The van der Waals surface area contributed by atoms with Gasteiger partial charge in [-0.15, -0.1) is 11.3 Å². The van der Waals surface area contributed by atoms with Crippen LogP contribution in [0.3, 0.4) is 0 Å². The number of fused-ring (bicyclic) bond motifs is 2. The van der Waals surface area contributed by atoms with Gasteiger partial charge in [0.25, 0.3) is 0 Å². The Hall–Kier alpha value is -4.06. The largest absolute Gasteiger partial charge is 0.491 e. The van der Waals surface area contributed by atoms with E-state index in [4.69, 9.17) is 30.8 Å². The number of benzene rings is 2. The molecule has 15 heteroatoms. The average molecular weight is 729 g/mol. The van der Waals surface area contributed by atoms with E-state index in [-0.39, 0.29) is 78.7 Å². The molecule has 4 aromatic rings. The molecule has 0 bridgehead atoms. The summed E-state index contributed by atoms with van der Waals surface area (Å²) in [5.41, 5.74) is -1.62. The predicted octanol–water partition coefficient (Wildman–Crippen LogP) is 8.22. The Morgan fingerprint density at radius 2 is 2.06 bits per heavy atom. The lowest BCUT2D eigenvalue weighted by Crippen LogP contribution is -2.43. The van der Waals surface area contributed by atoms with E-state index in [0.717, 1.165) is 36.8 Å². The van der Waals surface area contributed by atoms with Gasteiger partial charge < -0.3 is 19.1 Å². The number of nitriles is 1. The Bertz CT molecular complexity index is 2080. The molecule has 0 spiro atoms. The number of alkyl halides is 1. The smallest absolute Gasteiger partial charge is 0.412 e. The Labute approximate surface area is 296 Å². The lowest BCUT2D eigenvalue weighted by molar-refractivity contribution is 0.0636. The molecular weight excluding hydrogens is 693 g/mol. The van der Waals surface area contributed by atoms with Crippen LogP contribution in [0.2, 0.25) is 5.02 Å². The van der Waals surface area contributed by atoms with Gasteiger partial charge in [-0.3, -0.25) is 10.2 Å². The molecule has 2 fully saturated rings. The number of hydrogen-bond acceptors (Lipinski definition) is 10. The van der Waals surface area contributed by atoms with Gasteiger partial charge in [-0.2, -0.15) is 15.2 Å². The molecule has 7 rings (SSSR count). The second kappa shape index (κ2) is 12.6. The highest BCUT2D eigenvalue weighted by Gasteiger charge is 2.49. The fourth-order valence-electron chi connectivity index (χ4n) is 7.28. The van der Waals surface area contributed by atoms with E-state index in [9.17, 15) is 14.4 Å². The minimum atomic E-state index is -0.957. The fraction of sp³-hybridized carbons (Fsp3) is 0.486. The zero-order chi connectivity index (χ0) is 35.7. The first-order valence-corrected chi connectivity index (χ1v) is 17.7. The minimum absolute atomic E-state index is 0.00770. The molecule has 0 unspecified atom stereocenters. The highest BCUT2D eigenvalue weighted by molar-refractivity contribution is 7.23. The van der Waals surface area contributed by atoms with Crippen molar-refractivity contribution in [1.82, 2.24) is 14.9 Å². The maximum Gasteiger partial charge on any atom is 0.412 e. The van der Waals surface area contributed by atoms with Gasteiger partial charge in [0.05, 0.1) is 32.8 Å². The summed E-state index contributed by atoms with van der Waals surface area (Å²) in [5.74, 6) is -1.06. The summed E-state index contributed by atoms with van der Waals surface area (Å²) in [6, 6.07) is 4.39. The number of hydrogen-bond donors (Lipinski definition) is 1. The van der Waals surface area contributed by atoms with Crippen LogP contribution in [0.15, 0.2) is 12.1 Å². The number of nitrogens with one attached hydrogen (secondary N) is 1. The number of amides is 1. The number of carbonyl (C=O) groups excluding carboxylic acids is 1.